The standard InChI is InChI=1S/C25H29N7O/c1-4-6-11-22(33)25-26-23(32(29-25)17(3)5-2)16-18-12-14-19(15-13-18)20-9-7-8-10-21(20)24-27-30-31-28-24/h7-10,12-15,17H,4-6,11,16H2,1-3H3,(H,27,28,30,31). The quantitative estimate of drug-likeness (QED) is 0.344. The van der Waals surface area contributed by atoms with Crippen LogP contribution in [0.2, 0.25) is 0 Å². The van der Waals surface area contributed by atoms with Gasteiger partial charge in [0, 0.05) is 18.4 Å². The highest BCUT2D eigenvalue weighted by atomic mass is 16.1. The number of nitrogens with zero attached hydrogens (tertiary/aromatic N) is 6. The van der Waals surface area contributed by atoms with Crippen molar-refractivity contribution in [2.75, 3.05) is 0 Å². The lowest BCUT2D eigenvalue weighted by molar-refractivity contribution is 0.0969. The summed E-state index contributed by atoms with van der Waals surface area (Å²) in [7, 11) is 0. The molecule has 4 aromatic rings. The number of Topliss-reactive ketones (excluding diaryl/α,β-unsaturated/α-hetero) is 1. The molecule has 8 heteroatoms. The number of carbonyl (C=O) groups is 1. The Morgan fingerprint density at radius 3 is 2.48 bits per heavy atom. The summed E-state index contributed by atoms with van der Waals surface area (Å²) in [5.41, 5.74) is 4.14. The van der Waals surface area contributed by atoms with Gasteiger partial charge in [-0.05, 0) is 41.7 Å². The fourth-order valence-electron chi connectivity index (χ4n) is 3.76. The molecule has 0 fully saturated rings. The van der Waals surface area contributed by atoms with Crippen molar-refractivity contribution in [2.45, 2.75) is 58.9 Å². The van der Waals surface area contributed by atoms with E-state index in [0.29, 0.717) is 24.5 Å². The van der Waals surface area contributed by atoms with Crippen LogP contribution in [-0.2, 0) is 6.42 Å². The predicted octanol–water partition coefficient (Wildman–Crippen LogP) is 5.06. The van der Waals surface area contributed by atoms with Gasteiger partial charge in [0.2, 0.25) is 17.4 Å². The second kappa shape index (κ2) is 10.3. The summed E-state index contributed by atoms with van der Waals surface area (Å²) in [6.07, 6.45) is 3.87. The number of hydrogen-bond acceptors (Lipinski definition) is 6. The number of nitrogens with one attached hydrogen (secondary N) is 1. The number of unbranched alkanes of at least 4 members (excludes halogenated alkanes) is 1. The van der Waals surface area contributed by atoms with Crippen molar-refractivity contribution < 1.29 is 4.79 Å². The first kappa shape index (κ1) is 22.5. The van der Waals surface area contributed by atoms with Crippen molar-refractivity contribution in [2.24, 2.45) is 0 Å². The molecule has 0 saturated heterocycles. The van der Waals surface area contributed by atoms with Gasteiger partial charge in [-0.15, -0.1) is 15.3 Å². The summed E-state index contributed by atoms with van der Waals surface area (Å²) in [5.74, 6) is 1.75. The Morgan fingerprint density at radius 2 is 1.82 bits per heavy atom. The highest BCUT2D eigenvalue weighted by Gasteiger charge is 2.19. The molecule has 8 nitrogen and oxygen atoms in total. The smallest absolute Gasteiger partial charge is 0.217 e. The average Bonchev–Trinajstić information content (AvgIpc) is 3.53. The van der Waals surface area contributed by atoms with E-state index in [-0.39, 0.29) is 11.8 Å². The number of tetrazole rings is 1. The van der Waals surface area contributed by atoms with Crippen molar-refractivity contribution in [3.05, 3.63) is 65.7 Å². The lowest BCUT2D eigenvalue weighted by atomic mass is 9.98. The number of hydrogen-bond donors (Lipinski definition) is 1. The maximum atomic E-state index is 12.5. The lowest BCUT2D eigenvalue weighted by Crippen LogP contribution is -2.11. The van der Waals surface area contributed by atoms with Gasteiger partial charge in [0.05, 0.1) is 6.04 Å². The van der Waals surface area contributed by atoms with Gasteiger partial charge in [0.1, 0.15) is 5.82 Å². The molecule has 0 aliphatic heterocycles. The monoisotopic (exact) mass is 443 g/mol. The molecule has 0 bridgehead atoms. The van der Waals surface area contributed by atoms with Gasteiger partial charge in [-0.2, -0.15) is 5.21 Å². The van der Waals surface area contributed by atoms with Crippen molar-refractivity contribution in [3.63, 3.8) is 0 Å². The molecule has 0 radical (unpaired) electrons. The largest absolute Gasteiger partial charge is 0.291 e. The van der Waals surface area contributed by atoms with Crippen LogP contribution in [0.1, 0.15) is 74.5 Å². The van der Waals surface area contributed by atoms with Crippen LogP contribution in [0.25, 0.3) is 22.5 Å². The molecule has 0 spiro atoms. The van der Waals surface area contributed by atoms with Crippen LogP contribution in [-0.4, -0.2) is 41.2 Å². The molecule has 0 saturated carbocycles. The maximum Gasteiger partial charge on any atom is 0.217 e. The van der Waals surface area contributed by atoms with E-state index in [4.69, 9.17) is 0 Å². The SMILES string of the molecule is CCCCC(=O)c1nc(Cc2ccc(-c3ccccc3-c3nn[nH]n3)cc2)n(C(C)CC)n1. The second-order valence-electron chi connectivity index (χ2n) is 8.23. The van der Waals surface area contributed by atoms with E-state index in [9.17, 15) is 4.79 Å². The normalized spacial score (nSPS) is 12.1. The minimum absolute atomic E-state index is 0.0218. The molecule has 4 rings (SSSR count). The van der Waals surface area contributed by atoms with Crippen LogP contribution < -0.4 is 0 Å². The third kappa shape index (κ3) is 5.05. The second-order valence-corrected chi connectivity index (χ2v) is 8.23. The minimum Gasteiger partial charge on any atom is -0.291 e. The molecule has 2 aromatic carbocycles. The highest BCUT2D eigenvalue weighted by Crippen LogP contribution is 2.30. The van der Waals surface area contributed by atoms with Crippen LogP contribution in [0, 0.1) is 0 Å². The predicted molar refractivity (Wildman–Crippen MR) is 127 cm³/mol. The molecule has 0 aliphatic carbocycles. The van der Waals surface area contributed by atoms with Crippen LogP contribution in [0.15, 0.2) is 48.5 Å². The number of aromatic nitrogens is 7. The van der Waals surface area contributed by atoms with E-state index >= 15 is 0 Å². The molecular formula is C25H29N7O. The van der Waals surface area contributed by atoms with Crippen molar-refractivity contribution in [3.8, 4) is 22.5 Å². The summed E-state index contributed by atoms with van der Waals surface area (Å²) < 4.78 is 1.92. The van der Waals surface area contributed by atoms with E-state index < -0.39 is 0 Å². The highest BCUT2D eigenvalue weighted by molar-refractivity contribution is 5.92. The minimum atomic E-state index is 0.0218. The van der Waals surface area contributed by atoms with Crippen LogP contribution in [0.3, 0.4) is 0 Å². The first-order valence-electron chi connectivity index (χ1n) is 11.5. The topological polar surface area (TPSA) is 102 Å². The lowest BCUT2D eigenvalue weighted by Gasteiger charge is -2.12. The summed E-state index contributed by atoms with van der Waals surface area (Å²) in [6.45, 7) is 6.30. The first-order chi connectivity index (χ1) is 16.1. The molecule has 33 heavy (non-hydrogen) atoms. The number of rotatable bonds is 10. The number of H-pyrrole nitrogens is 1. The Kier molecular flexibility index (Phi) is 7.02. The Labute approximate surface area is 193 Å². The number of benzene rings is 2. The zero-order valence-electron chi connectivity index (χ0n) is 19.3. The summed E-state index contributed by atoms with van der Waals surface area (Å²) in [6, 6.07) is 16.5. The van der Waals surface area contributed by atoms with Crippen LogP contribution in [0.4, 0.5) is 0 Å². The van der Waals surface area contributed by atoms with Gasteiger partial charge >= 0.3 is 0 Å². The van der Waals surface area contributed by atoms with E-state index in [2.05, 4.69) is 81.8 Å². The number of carbonyl (C=O) groups excluding carboxylic acids is 1. The molecular weight excluding hydrogens is 414 g/mol. The van der Waals surface area contributed by atoms with E-state index in [1.807, 2.05) is 22.9 Å². The van der Waals surface area contributed by atoms with E-state index in [1.54, 1.807) is 0 Å². The molecule has 0 amide bonds. The van der Waals surface area contributed by atoms with Crippen molar-refractivity contribution >= 4 is 5.78 Å². The average molecular weight is 444 g/mol. The van der Waals surface area contributed by atoms with Gasteiger partial charge in [0.15, 0.2) is 0 Å². The first-order valence-corrected chi connectivity index (χ1v) is 11.5. The number of ketones is 1. The van der Waals surface area contributed by atoms with E-state index in [0.717, 1.165) is 47.3 Å². The third-order valence-electron chi connectivity index (χ3n) is 5.86. The molecule has 170 valence electrons. The molecule has 1 N–H and O–H groups in total. The fraction of sp³-hybridized carbons (Fsp3) is 0.360. The maximum absolute atomic E-state index is 12.5. The fourth-order valence-corrected chi connectivity index (χ4v) is 3.76. The molecule has 1 unspecified atom stereocenters. The van der Waals surface area contributed by atoms with Gasteiger partial charge in [-0.25, -0.2) is 9.67 Å². The zero-order chi connectivity index (χ0) is 23.2. The third-order valence-corrected chi connectivity index (χ3v) is 5.86. The summed E-state index contributed by atoms with van der Waals surface area (Å²) >= 11 is 0. The Balaban J connectivity index is 1.59. The number of aromatic amines is 1. The van der Waals surface area contributed by atoms with Crippen LogP contribution in [0.5, 0.6) is 0 Å². The molecule has 2 aromatic heterocycles. The van der Waals surface area contributed by atoms with Gasteiger partial charge in [0.25, 0.3) is 0 Å². The Morgan fingerprint density at radius 1 is 1.06 bits per heavy atom. The van der Waals surface area contributed by atoms with Gasteiger partial charge in [-0.3, -0.25) is 4.79 Å². The van der Waals surface area contributed by atoms with Crippen LogP contribution >= 0.6 is 0 Å². The zero-order valence-corrected chi connectivity index (χ0v) is 19.3. The Bertz CT molecular complexity index is 1200. The van der Waals surface area contributed by atoms with E-state index in [1.165, 1.54) is 0 Å². The van der Waals surface area contributed by atoms with Gasteiger partial charge < -0.3 is 0 Å². The summed E-state index contributed by atoms with van der Waals surface area (Å²) in [5, 5.41) is 19.0. The molecule has 0 aliphatic rings. The Hall–Kier alpha value is -3.68. The summed E-state index contributed by atoms with van der Waals surface area (Å²) in [4.78, 5) is 17.1. The van der Waals surface area contributed by atoms with Crippen molar-refractivity contribution in [1.82, 2.24) is 35.4 Å². The van der Waals surface area contributed by atoms with Gasteiger partial charge in [-0.1, -0.05) is 68.8 Å². The van der Waals surface area contributed by atoms with Crippen molar-refractivity contribution in [1.29, 1.82) is 0 Å². The molecule has 1 atom stereocenters. The molecule has 2 heterocycles.